The first-order chi connectivity index (χ1) is 15.7. The molecule has 2 aliphatic rings. The van der Waals surface area contributed by atoms with Crippen molar-refractivity contribution in [1.82, 2.24) is 0 Å². The van der Waals surface area contributed by atoms with Crippen LogP contribution in [0.4, 0.5) is 4.39 Å². The van der Waals surface area contributed by atoms with E-state index >= 15 is 4.39 Å². The molecule has 0 N–H and O–H groups in total. The van der Waals surface area contributed by atoms with E-state index in [1.165, 1.54) is 94.6 Å². The summed E-state index contributed by atoms with van der Waals surface area (Å²) in [6, 6.07) is 14.8. The Morgan fingerprint density at radius 3 is 1.78 bits per heavy atom. The van der Waals surface area contributed by atoms with Crippen molar-refractivity contribution < 1.29 is 4.39 Å². The van der Waals surface area contributed by atoms with Crippen LogP contribution in [0, 0.1) is 17.7 Å². The minimum absolute atomic E-state index is 0.0534. The van der Waals surface area contributed by atoms with Crippen LogP contribution in [0.25, 0.3) is 11.1 Å². The summed E-state index contributed by atoms with van der Waals surface area (Å²) >= 11 is 0. The van der Waals surface area contributed by atoms with Crippen LogP contribution in [0.3, 0.4) is 0 Å². The molecule has 0 nitrogen and oxygen atoms in total. The van der Waals surface area contributed by atoms with Gasteiger partial charge in [0.2, 0.25) is 0 Å². The molecule has 0 saturated heterocycles. The van der Waals surface area contributed by atoms with Gasteiger partial charge in [-0.15, -0.1) is 0 Å². The van der Waals surface area contributed by atoms with Crippen molar-refractivity contribution in [2.24, 2.45) is 11.8 Å². The second kappa shape index (κ2) is 11.5. The normalized spacial score (nSPS) is 26.2. The van der Waals surface area contributed by atoms with Crippen molar-refractivity contribution in [3.05, 3.63) is 59.4 Å². The molecule has 0 spiro atoms. The van der Waals surface area contributed by atoms with Gasteiger partial charge in [-0.05, 0) is 97.8 Å². The lowest BCUT2D eigenvalue weighted by atomic mass is 9.76. The lowest BCUT2D eigenvalue weighted by Crippen LogP contribution is -2.13. The maximum absolute atomic E-state index is 15.1. The van der Waals surface area contributed by atoms with Gasteiger partial charge in [0, 0.05) is 5.56 Å². The van der Waals surface area contributed by atoms with Crippen molar-refractivity contribution in [2.45, 2.75) is 109 Å². The topological polar surface area (TPSA) is 0 Å². The quantitative estimate of drug-likeness (QED) is 0.387. The molecule has 2 fully saturated rings. The van der Waals surface area contributed by atoms with E-state index < -0.39 is 0 Å². The third-order valence-electron chi connectivity index (χ3n) is 8.51. The minimum Gasteiger partial charge on any atom is -0.206 e. The van der Waals surface area contributed by atoms with E-state index in [2.05, 4.69) is 44.2 Å². The summed E-state index contributed by atoms with van der Waals surface area (Å²) in [6.07, 6.45) is 17.2. The molecule has 0 radical (unpaired) electrons. The standard InChI is InChI=1S/C31H43F/c1-3-5-7-24-10-12-25(13-11-24)26-16-18-28(19-17-26)30-21-20-29(22-31(30)32)27-14-8-23(6-4-2)9-15-27/h16-25,27H,3-15H2,1-2H3. The van der Waals surface area contributed by atoms with E-state index in [0.29, 0.717) is 11.8 Å². The lowest BCUT2D eigenvalue weighted by Gasteiger charge is -2.29. The fraction of sp³-hybridized carbons (Fsp3) is 0.613. The van der Waals surface area contributed by atoms with Crippen LogP contribution < -0.4 is 0 Å². The van der Waals surface area contributed by atoms with Crippen LogP contribution in [-0.2, 0) is 0 Å². The molecule has 1 heteroatoms. The number of benzene rings is 2. The molecule has 0 aromatic heterocycles. The zero-order valence-corrected chi connectivity index (χ0v) is 20.4. The zero-order valence-electron chi connectivity index (χ0n) is 20.4. The highest BCUT2D eigenvalue weighted by molar-refractivity contribution is 5.65. The van der Waals surface area contributed by atoms with Gasteiger partial charge in [0.05, 0.1) is 0 Å². The molecule has 32 heavy (non-hydrogen) atoms. The number of rotatable bonds is 8. The molecule has 0 amide bonds. The second-order valence-corrected chi connectivity index (χ2v) is 10.7. The van der Waals surface area contributed by atoms with Crippen LogP contribution in [0.2, 0.25) is 0 Å². The molecule has 0 heterocycles. The maximum atomic E-state index is 15.1. The zero-order chi connectivity index (χ0) is 22.3. The van der Waals surface area contributed by atoms with Crippen molar-refractivity contribution in [2.75, 3.05) is 0 Å². The monoisotopic (exact) mass is 434 g/mol. The Labute approximate surface area is 196 Å². The van der Waals surface area contributed by atoms with Crippen LogP contribution in [0.5, 0.6) is 0 Å². The van der Waals surface area contributed by atoms with Crippen molar-refractivity contribution in [3.63, 3.8) is 0 Å². The Morgan fingerprint density at radius 1 is 0.656 bits per heavy atom. The predicted octanol–water partition coefficient (Wildman–Crippen LogP) is 10.0. The van der Waals surface area contributed by atoms with Gasteiger partial charge in [-0.3, -0.25) is 0 Å². The highest BCUT2D eigenvalue weighted by Gasteiger charge is 2.24. The Bertz CT molecular complexity index is 820. The number of hydrogen-bond donors (Lipinski definition) is 0. The average Bonchev–Trinajstić information content (AvgIpc) is 2.84. The summed E-state index contributed by atoms with van der Waals surface area (Å²) in [4.78, 5) is 0. The van der Waals surface area contributed by atoms with E-state index in [4.69, 9.17) is 0 Å². The minimum atomic E-state index is -0.0534. The highest BCUT2D eigenvalue weighted by Crippen LogP contribution is 2.40. The molecule has 0 atom stereocenters. The Hall–Kier alpha value is -1.63. The summed E-state index contributed by atoms with van der Waals surface area (Å²) in [5.74, 6) is 3.02. The van der Waals surface area contributed by atoms with Crippen LogP contribution in [0.1, 0.15) is 120 Å². The van der Waals surface area contributed by atoms with Gasteiger partial charge in [0.15, 0.2) is 0 Å². The molecule has 2 saturated carbocycles. The Balaban J connectivity index is 1.36. The van der Waals surface area contributed by atoms with E-state index in [0.717, 1.165) is 23.0 Å². The van der Waals surface area contributed by atoms with E-state index in [1.54, 1.807) is 0 Å². The van der Waals surface area contributed by atoms with E-state index in [-0.39, 0.29) is 5.82 Å². The molecular formula is C31H43F. The summed E-state index contributed by atoms with van der Waals surface area (Å²) in [6.45, 7) is 4.58. The third-order valence-corrected chi connectivity index (χ3v) is 8.51. The second-order valence-electron chi connectivity index (χ2n) is 10.7. The van der Waals surface area contributed by atoms with Crippen LogP contribution in [-0.4, -0.2) is 0 Å². The first-order valence-electron chi connectivity index (χ1n) is 13.6. The number of halogens is 1. The van der Waals surface area contributed by atoms with Gasteiger partial charge in [0.25, 0.3) is 0 Å². The van der Waals surface area contributed by atoms with Gasteiger partial charge in [-0.1, -0.05) is 82.3 Å². The van der Waals surface area contributed by atoms with E-state index in [1.807, 2.05) is 12.1 Å². The van der Waals surface area contributed by atoms with Crippen LogP contribution in [0.15, 0.2) is 42.5 Å². The first-order valence-corrected chi connectivity index (χ1v) is 13.6. The summed E-state index contributed by atoms with van der Waals surface area (Å²) in [5, 5.41) is 0. The van der Waals surface area contributed by atoms with Crippen LogP contribution >= 0.6 is 0 Å². The molecule has 0 unspecified atom stereocenters. The van der Waals surface area contributed by atoms with Crippen molar-refractivity contribution in [1.29, 1.82) is 0 Å². The molecule has 2 aliphatic carbocycles. The SMILES string of the molecule is CCCCC1CCC(c2ccc(-c3ccc(C4CCC(CCC)CC4)cc3F)cc2)CC1. The number of unbranched alkanes of at least 4 members (excludes halogenated alkanes) is 1. The molecule has 0 bridgehead atoms. The van der Waals surface area contributed by atoms with Gasteiger partial charge in [0.1, 0.15) is 5.82 Å². The average molecular weight is 435 g/mol. The molecule has 174 valence electrons. The van der Waals surface area contributed by atoms with Gasteiger partial charge in [-0.25, -0.2) is 4.39 Å². The first kappa shape index (κ1) is 23.5. The largest absolute Gasteiger partial charge is 0.206 e. The van der Waals surface area contributed by atoms with Gasteiger partial charge < -0.3 is 0 Å². The lowest BCUT2D eigenvalue weighted by molar-refractivity contribution is 0.304. The van der Waals surface area contributed by atoms with Gasteiger partial charge in [-0.2, -0.15) is 0 Å². The number of hydrogen-bond acceptors (Lipinski definition) is 0. The van der Waals surface area contributed by atoms with Crippen molar-refractivity contribution >= 4 is 0 Å². The molecule has 4 rings (SSSR count). The van der Waals surface area contributed by atoms with Crippen molar-refractivity contribution in [3.8, 4) is 11.1 Å². The third kappa shape index (κ3) is 5.83. The van der Waals surface area contributed by atoms with Gasteiger partial charge >= 0.3 is 0 Å². The summed E-state index contributed by atoms with van der Waals surface area (Å²) in [7, 11) is 0. The highest BCUT2D eigenvalue weighted by atomic mass is 19.1. The summed E-state index contributed by atoms with van der Waals surface area (Å²) in [5.41, 5.74) is 4.42. The Morgan fingerprint density at radius 2 is 1.22 bits per heavy atom. The molecular weight excluding hydrogens is 391 g/mol. The molecule has 2 aromatic carbocycles. The summed E-state index contributed by atoms with van der Waals surface area (Å²) < 4.78 is 15.1. The molecule has 2 aromatic rings. The smallest absolute Gasteiger partial charge is 0.131 e. The maximum Gasteiger partial charge on any atom is 0.131 e. The predicted molar refractivity (Wildman–Crippen MR) is 136 cm³/mol. The fourth-order valence-corrected chi connectivity index (χ4v) is 6.42. The Kier molecular flexibility index (Phi) is 8.44. The van der Waals surface area contributed by atoms with E-state index in [9.17, 15) is 0 Å². The molecule has 0 aliphatic heterocycles. The fourth-order valence-electron chi connectivity index (χ4n) is 6.42.